The minimum atomic E-state index is -0.898. The molecular formula is C11H16FNO4. The molecule has 0 saturated carbocycles. The Balaban J connectivity index is 3.07. The molecular weight excluding hydrogens is 229 g/mol. The van der Waals surface area contributed by atoms with E-state index in [1.165, 1.54) is 19.2 Å². The van der Waals surface area contributed by atoms with Gasteiger partial charge in [-0.2, -0.15) is 0 Å². The van der Waals surface area contributed by atoms with Gasteiger partial charge in [-0.25, -0.2) is 4.39 Å². The number of benzene rings is 1. The highest BCUT2D eigenvalue weighted by Crippen LogP contribution is 2.39. The number of phenols is 1. The molecule has 1 rings (SSSR count). The van der Waals surface area contributed by atoms with Gasteiger partial charge < -0.3 is 25.4 Å². The van der Waals surface area contributed by atoms with Crippen molar-refractivity contribution in [3.8, 4) is 17.2 Å². The van der Waals surface area contributed by atoms with Crippen LogP contribution in [0, 0.1) is 0 Å². The number of phenolic OH excluding ortho intramolecular Hbond substituents is 1. The third-order valence-corrected chi connectivity index (χ3v) is 2.21. The van der Waals surface area contributed by atoms with Crippen molar-refractivity contribution >= 4 is 0 Å². The number of aromatic hydroxyl groups is 1. The number of aliphatic hydroxyl groups excluding tert-OH is 1. The number of aliphatic hydroxyl groups is 1. The van der Waals surface area contributed by atoms with Gasteiger partial charge in [0.2, 0.25) is 5.75 Å². The fourth-order valence-corrected chi connectivity index (χ4v) is 1.37. The Bertz CT molecular complexity index is 373. The maximum atomic E-state index is 12.0. The minimum absolute atomic E-state index is 0.0211. The third-order valence-electron chi connectivity index (χ3n) is 2.21. The SMILES string of the molecule is COc1cc([C@@H](O)CN)cc(O)c1OCCF. The summed E-state index contributed by atoms with van der Waals surface area (Å²) < 4.78 is 22.0. The molecule has 17 heavy (non-hydrogen) atoms. The number of methoxy groups -OCH3 is 1. The van der Waals surface area contributed by atoms with Crippen molar-refractivity contribution in [2.24, 2.45) is 5.73 Å². The van der Waals surface area contributed by atoms with Crippen molar-refractivity contribution in [2.45, 2.75) is 6.10 Å². The number of halogens is 1. The summed E-state index contributed by atoms with van der Waals surface area (Å²) in [5, 5.41) is 19.2. The molecule has 0 heterocycles. The van der Waals surface area contributed by atoms with E-state index < -0.39 is 12.8 Å². The molecule has 0 saturated heterocycles. The molecule has 0 radical (unpaired) electrons. The zero-order chi connectivity index (χ0) is 12.8. The van der Waals surface area contributed by atoms with Gasteiger partial charge >= 0.3 is 0 Å². The second-order valence-electron chi connectivity index (χ2n) is 3.36. The first kappa shape index (κ1) is 13.5. The average molecular weight is 245 g/mol. The van der Waals surface area contributed by atoms with Crippen LogP contribution < -0.4 is 15.2 Å². The number of rotatable bonds is 6. The summed E-state index contributed by atoms with van der Waals surface area (Å²) in [7, 11) is 1.38. The topological polar surface area (TPSA) is 84.9 Å². The largest absolute Gasteiger partial charge is 0.504 e. The predicted molar refractivity (Wildman–Crippen MR) is 60.1 cm³/mol. The Morgan fingerprint density at radius 2 is 2.18 bits per heavy atom. The Kier molecular flexibility index (Phi) is 4.99. The maximum absolute atomic E-state index is 12.0. The molecule has 5 nitrogen and oxygen atoms in total. The van der Waals surface area contributed by atoms with Crippen molar-refractivity contribution in [3.63, 3.8) is 0 Å². The van der Waals surface area contributed by atoms with Crippen molar-refractivity contribution < 1.29 is 24.1 Å². The van der Waals surface area contributed by atoms with Crippen LogP contribution in [0.1, 0.15) is 11.7 Å². The van der Waals surface area contributed by atoms with Gasteiger partial charge in [-0.3, -0.25) is 0 Å². The van der Waals surface area contributed by atoms with Crippen molar-refractivity contribution in [2.75, 3.05) is 26.9 Å². The molecule has 0 aliphatic carbocycles. The fraction of sp³-hybridized carbons (Fsp3) is 0.455. The fourth-order valence-electron chi connectivity index (χ4n) is 1.37. The van der Waals surface area contributed by atoms with Crippen LogP contribution in [0.4, 0.5) is 4.39 Å². The molecule has 0 amide bonds. The Morgan fingerprint density at radius 1 is 1.47 bits per heavy atom. The molecule has 1 aromatic carbocycles. The van der Waals surface area contributed by atoms with Gasteiger partial charge in [0.1, 0.15) is 13.3 Å². The molecule has 1 aromatic rings. The van der Waals surface area contributed by atoms with Crippen LogP contribution in [0.15, 0.2) is 12.1 Å². The van der Waals surface area contributed by atoms with Gasteiger partial charge in [0, 0.05) is 6.54 Å². The molecule has 0 spiro atoms. The van der Waals surface area contributed by atoms with Gasteiger partial charge in [0.25, 0.3) is 0 Å². The van der Waals surface area contributed by atoms with E-state index in [0.717, 1.165) is 0 Å². The number of hydrogen-bond donors (Lipinski definition) is 3. The molecule has 0 aliphatic heterocycles. The van der Waals surface area contributed by atoms with Crippen LogP contribution in [0.3, 0.4) is 0 Å². The number of hydrogen-bond acceptors (Lipinski definition) is 5. The first-order valence-corrected chi connectivity index (χ1v) is 5.11. The quantitative estimate of drug-likeness (QED) is 0.688. The lowest BCUT2D eigenvalue weighted by molar-refractivity contribution is 0.185. The van der Waals surface area contributed by atoms with Crippen LogP contribution in [-0.2, 0) is 0 Å². The molecule has 0 aliphatic rings. The van der Waals surface area contributed by atoms with Gasteiger partial charge in [0.15, 0.2) is 11.5 Å². The van der Waals surface area contributed by atoms with Gasteiger partial charge in [-0.1, -0.05) is 0 Å². The van der Waals surface area contributed by atoms with Crippen LogP contribution in [0.25, 0.3) is 0 Å². The summed E-state index contributed by atoms with van der Waals surface area (Å²) in [5.41, 5.74) is 5.72. The lowest BCUT2D eigenvalue weighted by atomic mass is 10.1. The first-order valence-electron chi connectivity index (χ1n) is 5.11. The molecule has 0 bridgehead atoms. The summed E-state index contributed by atoms with van der Waals surface area (Å²) in [4.78, 5) is 0. The molecule has 6 heteroatoms. The summed E-state index contributed by atoms with van der Waals surface area (Å²) in [6.45, 7) is -0.828. The van der Waals surface area contributed by atoms with Gasteiger partial charge in [-0.15, -0.1) is 0 Å². The molecule has 1 atom stereocenters. The number of alkyl halides is 1. The molecule has 4 N–H and O–H groups in total. The lowest BCUT2D eigenvalue weighted by Crippen LogP contribution is -2.12. The van der Waals surface area contributed by atoms with E-state index in [0.29, 0.717) is 5.56 Å². The standard InChI is InChI=1S/C11H16FNO4/c1-16-10-5-7(9(15)6-13)4-8(14)11(10)17-3-2-12/h4-5,9,14-15H,2-3,6,13H2,1H3/t9-/m0/s1. The van der Waals surface area contributed by atoms with Crippen molar-refractivity contribution in [1.82, 2.24) is 0 Å². The van der Waals surface area contributed by atoms with Crippen LogP contribution in [0.5, 0.6) is 17.2 Å². The predicted octanol–water partition coefficient (Wildman–Crippen LogP) is 0.741. The summed E-state index contributed by atoms with van der Waals surface area (Å²) in [6, 6.07) is 2.80. The summed E-state index contributed by atoms with van der Waals surface area (Å²) >= 11 is 0. The molecule has 96 valence electrons. The van der Waals surface area contributed by atoms with E-state index in [9.17, 15) is 14.6 Å². The van der Waals surface area contributed by atoms with Gasteiger partial charge in [0.05, 0.1) is 13.2 Å². The highest BCUT2D eigenvalue weighted by molar-refractivity contribution is 5.53. The second kappa shape index (κ2) is 6.27. The van der Waals surface area contributed by atoms with E-state index >= 15 is 0 Å². The van der Waals surface area contributed by atoms with E-state index in [1.807, 2.05) is 0 Å². The Labute approximate surface area is 98.6 Å². The zero-order valence-corrected chi connectivity index (χ0v) is 9.52. The van der Waals surface area contributed by atoms with Crippen LogP contribution >= 0.6 is 0 Å². The van der Waals surface area contributed by atoms with E-state index in [1.54, 1.807) is 0 Å². The van der Waals surface area contributed by atoms with Crippen molar-refractivity contribution in [1.29, 1.82) is 0 Å². The summed E-state index contributed by atoms with van der Waals surface area (Å²) in [5.74, 6) is 0.0550. The molecule has 0 aromatic heterocycles. The Morgan fingerprint density at radius 3 is 2.71 bits per heavy atom. The maximum Gasteiger partial charge on any atom is 0.203 e. The van der Waals surface area contributed by atoms with E-state index in [-0.39, 0.29) is 30.4 Å². The normalized spacial score (nSPS) is 12.2. The van der Waals surface area contributed by atoms with Crippen molar-refractivity contribution in [3.05, 3.63) is 17.7 Å². The van der Waals surface area contributed by atoms with E-state index in [4.69, 9.17) is 15.2 Å². The Hall–Kier alpha value is -1.53. The highest BCUT2D eigenvalue weighted by atomic mass is 19.1. The summed E-state index contributed by atoms with van der Waals surface area (Å²) in [6.07, 6.45) is -0.898. The van der Waals surface area contributed by atoms with Gasteiger partial charge in [-0.05, 0) is 17.7 Å². The number of ether oxygens (including phenoxy) is 2. The minimum Gasteiger partial charge on any atom is -0.504 e. The lowest BCUT2D eigenvalue weighted by Gasteiger charge is -2.15. The van der Waals surface area contributed by atoms with E-state index in [2.05, 4.69) is 0 Å². The highest BCUT2D eigenvalue weighted by Gasteiger charge is 2.16. The average Bonchev–Trinajstić information content (AvgIpc) is 2.35. The van der Waals surface area contributed by atoms with Crippen LogP contribution in [0.2, 0.25) is 0 Å². The second-order valence-corrected chi connectivity index (χ2v) is 3.36. The molecule has 0 fully saturated rings. The smallest absolute Gasteiger partial charge is 0.203 e. The first-order chi connectivity index (χ1) is 8.13. The number of nitrogens with two attached hydrogens (primary N) is 1. The zero-order valence-electron chi connectivity index (χ0n) is 9.52. The third kappa shape index (κ3) is 3.21. The van der Waals surface area contributed by atoms with Crippen LogP contribution in [-0.4, -0.2) is 37.1 Å². The molecule has 0 unspecified atom stereocenters. The monoisotopic (exact) mass is 245 g/mol.